The number of amides is 1. The highest BCUT2D eigenvalue weighted by molar-refractivity contribution is 6.06. The van der Waals surface area contributed by atoms with Crippen LogP contribution in [0.1, 0.15) is 21.7 Å². The van der Waals surface area contributed by atoms with Gasteiger partial charge in [0, 0.05) is 13.6 Å². The number of ether oxygens (including phenoxy) is 1. The van der Waals surface area contributed by atoms with Gasteiger partial charge in [0.15, 0.2) is 0 Å². The molecule has 0 aliphatic carbocycles. The van der Waals surface area contributed by atoms with Crippen molar-refractivity contribution in [2.45, 2.75) is 19.2 Å². The molecule has 0 spiro atoms. The molecule has 1 atom stereocenters. The van der Waals surface area contributed by atoms with Crippen molar-refractivity contribution in [1.82, 2.24) is 14.9 Å². The van der Waals surface area contributed by atoms with E-state index in [-0.39, 0.29) is 41.3 Å². The Bertz CT molecular complexity index is 1140. The van der Waals surface area contributed by atoms with Gasteiger partial charge in [-0.2, -0.15) is 13.2 Å². The van der Waals surface area contributed by atoms with E-state index >= 15 is 0 Å². The highest BCUT2D eigenvalue weighted by Gasteiger charge is 2.30. The van der Waals surface area contributed by atoms with Crippen LogP contribution in [0.15, 0.2) is 39.8 Å². The second-order valence-electron chi connectivity index (χ2n) is 6.57. The lowest BCUT2D eigenvalue weighted by atomic mass is 10.1. The summed E-state index contributed by atoms with van der Waals surface area (Å²) in [5.74, 6) is -0.538. The van der Waals surface area contributed by atoms with E-state index in [0.717, 1.165) is 12.1 Å². The van der Waals surface area contributed by atoms with Crippen LogP contribution in [-0.2, 0) is 13.2 Å². The summed E-state index contributed by atoms with van der Waals surface area (Å²) in [6.45, 7) is 0.893. The molecular weight excluding hydrogens is 407 g/mol. The Morgan fingerprint density at radius 2 is 2.13 bits per heavy atom. The van der Waals surface area contributed by atoms with Crippen molar-refractivity contribution in [3.63, 3.8) is 0 Å². The number of carbonyl (C=O) groups is 1. The fraction of sp³-hybridized carbons (Fsp3) is 0.316. The third-order valence-corrected chi connectivity index (χ3v) is 4.28. The number of hydrogen-bond acceptors (Lipinski definition) is 6. The minimum absolute atomic E-state index is 0.00435. The van der Waals surface area contributed by atoms with Crippen LogP contribution in [0.4, 0.5) is 13.2 Å². The zero-order valence-corrected chi connectivity index (χ0v) is 16.0. The summed E-state index contributed by atoms with van der Waals surface area (Å²) in [6.07, 6.45) is -4.45. The van der Waals surface area contributed by atoms with Gasteiger partial charge in [-0.3, -0.25) is 9.59 Å². The number of aromatic nitrogens is 2. The zero-order valence-electron chi connectivity index (χ0n) is 16.0. The van der Waals surface area contributed by atoms with Crippen LogP contribution in [0.3, 0.4) is 0 Å². The summed E-state index contributed by atoms with van der Waals surface area (Å²) < 4.78 is 49.9. The molecule has 0 radical (unpaired) electrons. The van der Waals surface area contributed by atoms with E-state index in [1.807, 2.05) is 0 Å². The number of nitrogens with one attached hydrogen (secondary N) is 1. The number of hydrogen-bond donors (Lipinski definition) is 2. The molecule has 30 heavy (non-hydrogen) atoms. The number of aryl methyl sites for hydroxylation is 2. The van der Waals surface area contributed by atoms with Crippen molar-refractivity contribution < 1.29 is 32.2 Å². The molecule has 11 heteroatoms. The van der Waals surface area contributed by atoms with Crippen LogP contribution in [0, 0.1) is 6.92 Å². The number of alkyl halides is 3. The predicted molar refractivity (Wildman–Crippen MR) is 99.3 cm³/mol. The van der Waals surface area contributed by atoms with E-state index in [4.69, 9.17) is 9.15 Å². The third kappa shape index (κ3) is 4.46. The number of aliphatic hydroxyl groups is 1. The third-order valence-electron chi connectivity index (χ3n) is 4.28. The Morgan fingerprint density at radius 1 is 1.40 bits per heavy atom. The van der Waals surface area contributed by atoms with Crippen LogP contribution >= 0.6 is 0 Å². The first-order valence-electron chi connectivity index (χ1n) is 8.79. The molecule has 2 aromatic heterocycles. The largest absolute Gasteiger partial charge is 0.491 e. The molecule has 0 aliphatic rings. The first kappa shape index (κ1) is 21.4. The molecule has 0 bridgehead atoms. The molecule has 1 unspecified atom stereocenters. The van der Waals surface area contributed by atoms with Gasteiger partial charge in [0.25, 0.3) is 11.5 Å². The molecule has 8 nitrogen and oxygen atoms in total. The molecule has 3 aromatic rings. The Morgan fingerprint density at radius 3 is 2.83 bits per heavy atom. The molecule has 0 saturated heterocycles. The van der Waals surface area contributed by atoms with Crippen LogP contribution in [0.2, 0.25) is 0 Å². The van der Waals surface area contributed by atoms with Crippen molar-refractivity contribution in [3.8, 4) is 5.75 Å². The zero-order chi connectivity index (χ0) is 22.1. The molecule has 1 aromatic carbocycles. The maximum atomic E-state index is 12.7. The summed E-state index contributed by atoms with van der Waals surface area (Å²) >= 11 is 0. The number of furan rings is 1. The topological polar surface area (TPSA) is 107 Å². The van der Waals surface area contributed by atoms with E-state index in [2.05, 4.69) is 10.3 Å². The maximum Gasteiger partial charge on any atom is 0.416 e. The van der Waals surface area contributed by atoms with E-state index in [0.29, 0.717) is 0 Å². The summed E-state index contributed by atoms with van der Waals surface area (Å²) in [5, 5.41) is 12.5. The van der Waals surface area contributed by atoms with Gasteiger partial charge in [-0.05, 0) is 25.1 Å². The van der Waals surface area contributed by atoms with Crippen molar-refractivity contribution in [2.24, 2.45) is 7.05 Å². The number of nitrogens with zero attached hydrogens (tertiary/aromatic N) is 2. The van der Waals surface area contributed by atoms with E-state index < -0.39 is 29.3 Å². The Labute approximate surface area is 167 Å². The second-order valence-corrected chi connectivity index (χ2v) is 6.57. The van der Waals surface area contributed by atoms with Gasteiger partial charge >= 0.3 is 6.18 Å². The lowest BCUT2D eigenvalue weighted by Gasteiger charge is -2.14. The van der Waals surface area contributed by atoms with E-state index in [1.54, 1.807) is 0 Å². The number of aliphatic hydroxyl groups excluding tert-OH is 1. The SMILES string of the molecule is Cc1oc2ncn(C)c(=O)c2c1C(=O)NCC(O)COc1cccc(C(F)(F)F)c1. The number of rotatable bonds is 6. The van der Waals surface area contributed by atoms with Crippen molar-refractivity contribution in [3.05, 3.63) is 57.8 Å². The Kier molecular flexibility index (Phi) is 5.83. The standard InChI is InChI=1S/C19H18F3N3O5/c1-10-14(15-17(30-10)24-9-25(2)18(15)28)16(27)23-7-12(26)8-29-13-5-3-4-11(6-13)19(20,21)22/h3-6,9,12,26H,7-8H2,1-2H3,(H,23,27). The average Bonchev–Trinajstić information content (AvgIpc) is 3.03. The summed E-state index contributed by atoms with van der Waals surface area (Å²) in [6, 6.07) is 4.23. The highest BCUT2D eigenvalue weighted by atomic mass is 19.4. The molecule has 2 N–H and O–H groups in total. The van der Waals surface area contributed by atoms with Gasteiger partial charge in [0.1, 0.15) is 35.9 Å². The second kappa shape index (κ2) is 8.19. The number of halogens is 3. The van der Waals surface area contributed by atoms with Gasteiger partial charge < -0.3 is 24.1 Å². The molecule has 3 rings (SSSR count). The van der Waals surface area contributed by atoms with Gasteiger partial charge in [-0.1, -0.05) is 6.07 Å². The fourth-order valence-electron chi connectivity index (χ4n) is 2.77. The molecule has 0 fully saturated rings. The average molecular weight is 425 g/mol. The molecule has 2 heterocycles. The summed E-state index contributed by atoms with van der Waals surface area (Å²) in [4.78, 5) is 28.8. The smallest absolute Gasteiger partial charge is 0.416 e. The first-order valence-corrected chi connectivity index (χ1v) is 8.79. The quantitative estimate of drug-likeness (QED) is 0.626. The summed E-state index contributed by atoms with van der Waals surface area (Å²) in [7, 11) is 1.48. The van der Waals surface area contributed by atoms with Crippen LogP contribution in [0.5, 0.6) is 5.75 Å². The van der Waals surface area contributed by atoms with Crippen LogP contribution in [-0.4, -0.2) is 39.8 Å². The Balaban J connectivity index is 1.63. The van der Waals surface area contributed by atoms with Gasteiger partial charge in [-0.25, -0.2) is 4.98 Å². The van der Waals surface area contributed by atoms with Crippen molar-refractivity contribution in [2.75, 3.05) is 13.2 Å². The minimum atomic E-state index is -4.51. The monoisotopic (exact) mass is 425 g/mol. The van der Waals surface area contributed by atoms with Crippen LogP contribution in [0.25, 0.3) is 11.1 Å². The van der Waals surface area contributed by atoms with Gasteiger partial charge in [0.2, 0.25) is 5.71 Å². The molecular formula is C19H18F3N3O5. The van der Waals surface area contributed by atoms with Gasteiger partial charge in [-0.15, -0.1) is 0 Å². The van der Waals surface area contributed by atoms with E-state index in [1.165, 1.54) is 37.0 Å². The van der Waals surface area contributed by atoms with Crippen molar-refractivity contribution in [1.29, 1.82) is 0 Å². The number of benzene rings is 1. The fourth-order valence-corrected chi connectivity index (χ4v) is 2.77. The first-order chi connectivity index (χ1) is 14.1. The minimum Gasteiger partial charge on any atom is -0.491 e. The molecule has 1 amide bonds. The van der Waals surface area contributed by atoms with E-state index in [9.17, 15) is 27.9 Å². The number of carbonyl (C=O) groups excluding carboxylic acids is 1. The lowest BCUT2D eigenvalue weighted by molar-refractivity contribution is -0.137. The predicted octanol–water partition coefficient (Wildman–Crippen LogP) is 2.02. The Hall–Kier alpha value is -3.34. The van der Waals surface area contributed by atoms with Gasteiger partial charge in [0.05, 0.1) is 11.1 Å². The maximum absolute atomic E-state index is 12.7. The number of fused-ring (bicyclic) bond motifs is 1. The normalized spacial score (nSPS) is 12.7. The molecule has 0 aliphatic heterocycles. The summed E-state index contributed by atoms with van der Waals surface area (Å²) in [5.41, 5.74) is -1.31. The van der Waals surface area contributed by atoms with Crippen molar-refractivity contribution >= 4 is 17.0 Å². The van der Waals surface area contributed by atoms with Crippen LogP contribution < -0.4 is 15.6 Å². The molecule has 0 saturated carbocycles. The highest BCUT2D eigenvalue weighted by Crippen LogP contribution is 2.31. The molecule has 160 valence electrons. The lowest BCUT2D eigenvalue weighted by Crippen LogP contribution is -2.36.